The lowest BCUT2D eigenvalue weighted by atomic mass is 10.1. The zero-order valence-corrected chi connectivity index (χ0v) is 12.7. The zero-order chi connectivity index (χ0) is 13.9. The third-order valence-corrected chi connectivity index (χ3v) is 4.46. The zero-order valence-electron chi connectivity index (χ0n) is 11.9. The van der Waals surface area contributed by atoms with Gasteiger partial charge >= 0.3 is 0 Å². The van der Waals surface area contributed by atoms with E-state index < -0.39 is 0 Å². The summed E-state index contributed by atoms with van der Waals surface area (Å²) >= 11 is 1.84. The van der Waals surface area contributed by atoms with Crippen molar-refractivity contribution >= 4 is 28.4 Å². The number of nitrogens with zero attached hydrogens (tertiary/aromatic N) is 1. The number of thioether (sulfide) groups is 1. The van der Waals surface area contributed by atoms with Crippen LogP contribution in [0.1, 0.15) is 13.8 Å². The van der Waals surface area contributed by atoms with Gasteiger partial charge in [0.15, 0.2) is 0 Å². The highest BCUT2D eigenvalue weighted by Crippen LogP contribution is 2.27. The molecule has 0 atom stereocenters. The minimum Gasteiger partial charge on any atom is -0.497 e. The van der Waals surface area contributed by atoms with E-state index in [2.05, 4.69) is 36.5 Å². The Bertz CT molecular complexity index is 569. The van der Waals surface area contributed by atoms with Gasteiger partial charge in [0.05, 0.1) is 7.11 Å². The number of hydrogen-bond acceptors (Lipinski definition) is 4. The molecule has 0 aliphatic heterocycles. The van der Waals surface area contributed by atoms with Gasteiger partial charge in [-0.2, -0.15) is 11.8 Å². The molecule has 0 spiro atoms. The lowest BCUT2D eigenvalue weighted by molar-refractivity contribution is 0.415. The summed E-state index contributed by atoms with van der Waals surface area (Å²) in [4.78, 5) is 4.44. The van der Waals surface area contributed by atoms with Crippen molar-refractivity contribution < 1.29 is 4.74 Å². The van der Waals surface area contributed by atoms with Crippen molar-refractivity contribution in [3.8, 4) is 5.75 Å². The number of benzene rings is 1. The van der Waals surface area contributed by atoms with Crippen LogP contribution in [0, 0.1) is 0 Å². The van der Waals surface area contributed by atoms with Crippen molar-refractivity contribution in [2.45, 2.75) is 18.6 Å². The molecule has 0 radical (unpaired) electrons. The Morgan fingerprint density at radius 3 is 2.79 bits per heavy atom. The van der Waals surface area contributed by atoms with Crippen LogP contribution in [0.3, 0.4) is 0 Å². The Kier molecular flexibility index (Phi) is 4.20. The number of anilines is 1. The molecule has 0 aliphatic carbocycles. The molecule has 0 bridgehead atoms. The molecule has 0 fully saturated rings. The first-order valence-corrected chi connectivity index (χ1v) is 7.50. The minimum atomic E-state index is 0.183. The van der Waals surface area contributed by atoms with Gasteiger partial charge in [-0.3, -0.25) is 0 Å². The van der Waals surface area contributed by atoms with Gasteiger partial charge in [-0.15, -0.1) is 0 Å². The second kappa shape index (κ2) is 5.70. The highest BCUT2D eigenvalue weighted by atomic mass is 32.2. The molecule has 3 nitrogen and oxygen atoms in total. The Morgan fingerprint density at radius 1 is 1.32 bits per heavy atom. The molecule has 0 amide bonds. The largest absolute Gasteiger partial charge is 0.497 e. The van der Waals surface area contributed by atoms with E-state index in [9.17, 15) is 0 Å². The maximum absolute atomic E-state index is 5.28. The highest BCUT2D eigenvalue weighted by Gasteiger charge is 2.16. The fraction of sp³-hybridized carbons (Fsp3) is 0.400. The van der Waals surface area contributed by atoms with Crippen molar-refractivity contribution in [2.24, 2.45) is 0 Å². The fourth-order valence-corrected chi connectivity index (χ4v) is 2.00. The molecule has 4 heteroatoms. The molecule has 102 valence electrons. The summed E-state index contributed by atoms with van der Waals surface area (Å²) < 4.78 is 5.47. The Balaban J connectivity index is 2.32. The standard InChI is InChI=1S/C15H20N2OS/c1-15(2,19-4)10-17-14-13-9-12(18-3)6-5-11(13)7-8-16-14/h5-9H,10H2,1-4H3,(H,16,17). The first-order chi connectivity index (χ1) is 9.05. The Morgan fingerprint density at radius 2 is 2.11 bits per heavy atom. The molecule has 19 heavy (non-hydrogen) atoms. The van der Waals surface area contributed by atoms with Gasteiger partial charge in [-0.25, -0.2) is 4.98 Å². The molecule has 2 aromatic rings. The smallest absolute Gasteiger partial charge is 0.133 e. The lowest BCUT2D eigenvalue weighted by Gasteiger charge is -2.23. The SMILES string of the molecule is COc1ccc2ccnc(NCC(C)(C)SC)c2c1. The van der Waals surface area contributed by atoms with Crippen LogP contribution in [0.25, 0.3) is 10.8 Å². The van der Waals surface area contributed by atoms with E-state index in [4.69, 9.17) is 4.74 Å². The number of hydrogen-bond donors (Lipinski definition) is 1. The van der Waals surface area contributed by atoms with Crippen LogP contribution in [-0.2, 0) is 0 Å². The van der Waals surface area contributed by atoms with Crippen LogP contribution < -0.4 is 10.1 Å². The number of rotatable bonds is 5. The van der Waals surface area contributed by atoms with Crippen LogP contribution in [-0.4, -0.2) is 29.6 Å². The van der Waals surface area contributed by atoms with Crippen molar-refractivity contribution in [2.75, 3.05) is 25.2 Å². The topological polar surface area (TPSA) is 34.1 Å². The summed E-state index contributed by atoms with van der Waals surface area (Å²) in [5, 5.41) is 5.71. The lowest BCUT2D eigenvalue weighted by Crippen LogP contribution is -2.26. The van der Waals surface area contributed by atoms with Crippen LogP contribution in [0.5, 0.6) is 5.75 Å². The molecule has 1 aromatic carbocycles. The maximum atomic E-state index is 5.28. The van der Waals surface area contributed by atoms with Crippen molar-refractivity contribution in [1.82, 2.24) is 4.98 Å². The first-order valence-electron chi connectivity index (χ1n) is 6.27. The van der Waals surface area contributed by atoms with E-state index >= 15 is 0 Å². The predicted molar refractivity (Wildman–Crippen MR) is 84.4 cm³/mol. The second-order valence-corrected chi connectivity index (χ2v) is 6.58. The van der Waals surface area contributed by atoms with Crippen molar-refractivity contribution in [3.63, 3.8) is 0 Å². The second-order valence-electron chi connectivity index (χ2n) is 5.06. The van der Waals surface area contributed by atoms with Gasteiger partial charge < -0.3 is 10.1 Å². The Hall–Kier alpha value is -1.42. The number of ether oxygens (including phenoxy) is 1. The summed E-state index contributed by atoms with van der Waals surface area (Å²) in [7, 11) is 1.68. The molecular weight excluding hydrogens is 256 g/mol. The number of nitrogens with one attached hydrogen (secondary N) is 1. The third kappa shape index (κ3) is 3.32. The van der Waals surface area contributed by atoms with Crippen LogP contribution in [0.2, 0.25) is 0 Å². The minimum absolute atomic E-state index is 0.183. The quantitative estimate of drug-likeness (QED) is 0.900. The molecule has 0 saturated carbocycles. The van der Waals surface area contributed by atoms with E-state index in [-0.39, 0.29) is 4.75 Å². The predicted octanol–water partition coefficient (Wildman–Crippen LogP) is 3.80. The highest BCUT2D eigenvalue weighted by molar-refractivity contribution is 7.99. The number of aromatic nitrogens is 1. The summed E-state index contributed by atoms with van der Waals surface area (Å²) in [6.45, 7) is 5.31. The van der Waals surface area contributed by atoms with E-state index in [1.165, 1.54) is 5.39 Å². The van der Waals surface area contributed by atoms with Crippen LogP contribution in [0.15, 0.2) is 30.5 Å². The molecule has 0 saturated heterocycles. The van der Waals surface area contributed by atoms with Gasteiger partial charge in [0.1, 0.15) is 11.6 Å². The summed E-state index contributed by atoms with van der Waals surface area (Å²) in [5.74, 6) is 1.77. The fourth-order valence-electron chi connectivity index (χ4n) is 1.78. The number of methoxy groups -OCH3 is 1. The maximum Gasteiger partial charge on any atom is 0.133 e. The van der Waals surface area contributed by atoms with Gasteiger partial charge in [0.25, 0.3) is 0 Å². The average Bonchev–Trinajstić information content (AvgIpc) is 2.44. The molecular formula is C15H20N2OS. The summed E-state index contributed by atoms with van der Waals surface area (Å²) in [6, 6.07) is 8.06. The third-order valence-electron chi connectivity index (χ3n) is 3.21. The molecule has 1 heterocycles. The number of fused-ring (bicyclic) bond motifs is 1. The Labute approximate surface area is 118 Å². The summed E-state index contributed by atoms with van der Waals surface area (Å²) in [6.07, 6.45) is 3.96. The van der Waals surface area contributed by atoms with Gasteiger partial charge in [-0.1, -0.05) is 6.07 Å². The summed E-state index contributed by atoms with van der Waals surface area (Å²) in [5.41, 5.74) is 0. The first kappa shape index (κ1) is 14.0. The van der Waals surface area contributed by atoms with E-state index in [0.29, 0.717) is 0 Å². The van der Waals surface area contributed by atoms with E-state index in [1.54, 1.807) is 7.11 Å². The monoisotopic (exact) mass is 276 g/mol. The molecule has 0 aliphatic rings. The number of pyridine rings is 1. The van der Waals surface area contributed by atoms with Crippen LogP contribution >= 0.6 is 11.8 Å². The normalized spacial score (nSPS) is 11.6. The van der Waals surface area contributed by atoms with E-state index in [1.807, 2.05) is 36.2 Å². The molecule has 0 unspecified atom stereocenters. The van der Waals surface area contributed by atoms with Crippen molar-refractivity contribution in [3.05, 3.63) is 30.5 Å². The molecule has 1 aromatic heterocycles. The average molecular weight is 276 g/mol. The van der Waals surface area contributed by atoms with Gasteiger partial charge in [-0.05, 0) is 43.7 Å². The van der Waals surface area contributed by atoms with Crippen molar-refractivity contribution in [1.29, 1.82) is 0 Å². The molecule has 1 N–H and O–H groups in total. The van der Waals surface area contributed by atoms with Gasteiger partial charge in [0, 0.05) is 22.9 Å². The van der Waals surface area contributed by atoms with Gasteiger partial charge in [0.2, 0.25) is 0 Å². The van der Waals surface area contributed by atoms with E-state index in [0.717, 1.165) is 23.5 Å². The molecule has 2 rings (SSSR count). The van der Waals surface area contributed by atoms with Crippen LogP contribution in [0.4, 0.5) is 5.82 Å².